The van der Waals surface area contributed by atoms with Crippen LogP contribution in [0.1, 0.15) is 5.56 Å². The molecule has 4 heterocycles. The molecule has 0 atom stereocenters. The standard InChI is InChI=1S/C21H14N6O/c1-28-17-5-4-12(10-22)9-15(17)21-26-18-13-6-8-23-11-16(13)25-20-14(19(18)27-21)3-2-7-24-20/h2-9,11H,1H3,(H,24,25)(H,26,27). The van der Waals surface area contributed by atoms with Crippen molar-refractivity contribution in [3.8, 4) is 45.7 Å². The van der Waals surface area contributed by atoms with Gasteiger partial charge in [-0.25, -0.2) is 9.97 Å². The maximum absolute atomic E-state index is 9.29. The molecule has 2 N–H and O–H groups in total. The normalized spacial score (nSPS) is 11.3. The second-order valence-corrected chi connectivity index (χ2v) is 6.28. The number of imidazole rings is 1. The highest BCUT2D eigenvalue weighted by Gasteiger charge is 2.25. The van der Waals surface area contributed by atoms with Crippen molar-refractivity contribution >= 4 is 11.5 Å². The molecular formula is C21H14N6O. The lowest BCUT2D eigenvalue weighted by atomic mass is 10.1. The zero-order valence-corrected chi connectivity index (χ0v) is 14.9. The second-order valence-electron chi connectivity index (χ2n) is 6.28. The summed E-state index contributed by atoms with van der Waals surface area (Å²) in [7, 11) is 1.60. The van der Waals surface area contributed by atoms with E-state index in [1.807, 2.05) is 18.2 Å². The molecule has 0 unspecified atom stereocenters. The molecule has 7 heteroatoms. The Balaban J connectivity index is 1.80. The van der Waals surface area contributed by atoms with E-state index >= 15 is 0 Å². The van der Waals surface area contributed by atoms with Gasteiger partial charge in [0.25, 0.3) is 0 Å². The molecule has 1 aliphatic rings. The number of hydrogen-bond acceptors (Lipinski definition) is 6. The van der Waals surface area contributed by atoms with Crippen LogP contribution in [0, 0.1) is 11.3 Å². The molecule has 0 amide bonds. The zero-order chi connectivity index (χ0) is 19.1. The Bertz CT molecular complexity index is 1190. The lowest BCUT2D eigenvalue weighted by molar-refractivity contribution is 0.416. The van der Waals surface area contributed by atoms with Gasteiger partial charge in [-0.3, -0.25) is 4.98 Å². The Kier molecular flexibility index (Phi) is 3.56. The van der Waals surface area contributed by atoms with Crippen molar-refractivity contribution in [1.29, 1.82) is 5.26 Å². The van der Waals surface area contributed by atoms with Gasteiger partial charge in [-0.1, -0.05) is 0 Å². The summed E-state index contributed by atoms with van der Waals surface area (Å²) in [4.78, 5) is 17.0. The summed E-state index contributed by atoms with van der Waals surface area (Å²) in [5.74, 6) is 1.98. The van der Waals surface area contributed by atoms with Crippen molar-refractivity contribution < 1.29 is 4.74 Å². The van der Waals surface area contributed by atoms with Crippen LogP contribution in [0.25, 0.3) is 33.9 Å². The van der Waals surface area contributed by atoms with Crippen LogP contribution in [0.15, 0.2) is 55.0 Å². The highest BCUT2D eigenvalue weighted by Crippen LogP contribution is 2.43. The van der Waals surface area contributed by atoms with Crippen LogP contribution < -0.4 is 10.1 Å². The lowest BCUT2D eigenvalue weighted by Gasteiger charge is -2.09. The number of pyridine rings is 2. The molecule has 0 bridgehead atoms. The van der Waals surface area contributed by atoms with Crippen LogP contribution in [0.2, 0.25) is 0 Å². The first-order chi connectivity index (χ1) is 13.8. The van der Waals surface area contributed by atoms with Gasteiger partial charge in [0.1, 0.15) is 23.1 Å². The largest absolute Gasteiger partial charge is 0.496 e. The number of nitriles is 1. The molecule has 0 radical (unpaired) electrons. The number of hydrogen-bond donors (Lipinski definition) is 2. The molecule has 7 nitrogen and oxygen atoms in total. The fraction of sp³-hybridized carbons (Fsp3) is 0.0476. The summed E-state index contributed by atoms with van der Waals surface area (Å²) in [5, 5.41) is 12.6. The molecule has 0 fully saturated rings. The van der Waals surface area contributed by atoms with Crippen molar-refractivity contribution in [3.63, 3.8) is 0 Å². The summed E-state index contributed by atoms with van der Waals surface area (Å²) >= 11 is 0. The van der Waals surface area contributed by atoms with Gasteiger partial charge in [-0.2, -0.15) is 5.26 Å². The van der Waals surface area contributed by atoms with Crippen LogP contribution in [0.3, 0.4) is 0 Å². The van der Waals surface area contributed by atoms with Gasteiger partial charge in [-0.05, 0) is 36.4 Å². The monoisotopic (exact) mass is 366 g/mol. The SMILES string of the molecule is COc1ccc(C#N)cc1-c1nc2c([nH]1)-c1ccncc1Nc1ncccc1-2. The average molecular weight is 366 g/mol. The van der Waals surface area contributed by atoms with Crippen molar-refractivity contribution in [2.75, 3.05) is 12.4 Å². The number of ether oxygens (including phenoxy) is 1. The highest BCUT2D eigenvalue weighted by molar-refractivity contribution is 5.95. The summed E-state index contributed by atoms with van der Waals surface area (Å²) < 4.78 is 5.49. The van der Waals surface area contributed by atoms with E-state index in [4.69, 9.17) is 9.72 Å². The van der Waals surface area contributed by atoms with Gasteiger partial charge in [0.2, 0.25) is 0 Å². The van der Waals surface area contributed by atoms with Crippen LogP contribution in [-0.2, 0) is 0 Å². The molecule has 4 aromatic rings. The molecule has 134 valence electrons. The predicted molar refractivity (Wildman–Crippen MR) is 105 cm³/mol. The van der Waals surface area contributed by atoms with Crippen LogP contribution in [0.4, 0.5) is 11.5 Å². The number of aromatic nitrogens is 4. The fourth-order valence-corrected chi connectivity index (χ4v) is 3.39. The van der Waals surface area contributed by atoms with Gasteiger partial charge in [0, 0.05) is 23.5 Å². The van der Waals surface area contributed by atoms with E-state index in [0.29, 0.717) is 23.0 Å². The average Bonchev–Trinajstić information content (AvgIpc) is 3.14. The summed E-state index contributed by atoms with van der Waals surface area (Å²) in [6, 6.07) is 13.2. The van der Waals surface area contributed by atoms with Crippen molar-refractivity contribution in [1.82, 2.24) is 19.9 Å². The predicted octanol–water partition coefficient (Wildman–Crippen LogP) is 4.14. The molecule has 3 aromatic heterocycles. The van der Waals surface area contributed by atoms with E-state index in [2.05, 4.69) is 26.3 Å². The Morgan fingerprint density at radius 3 is 2.86 bits per heavy atom. The van der Waals surface area contributed by atoms with Crippen molar-refractivity contribution in [2.24, 2.45) is 0 Å². The zero-order valence-electron chi connectivity index (χ0n) is 14.9. The molecule has 0 saturated carbocycles. The smallest absolute Gasteiger partial charge is 0.142 e. The van der Waals surface area contributed by atoms with E-state index in [0.717, 1.165) is 33.8 Å². The van der Waals surface area contributed by atoms with E-state index in [9.17, 15) is 5.26 Å². The van der Waals surface area contributed by atoms with E-state index < -0.39 is 0 Å². The number of anilines is 2. The Labute approximate surface area is 160 Å². The first-order valence-electron chi connectivity index (χ1n) is 8.64. The van der Waals surface area contributed by atoms with E-state index in [1.54, 1.807) is 43.9 Å². The van der Waals surface area contributed by atoms with E-state index in [1.165, 1.54) is 0 Å². The highest BCUT2D eigenvalue weighted by atomic mass is 16.5. The summed E-state index contributed by atoms with van der Waals surface area (Å²) in [6.45, 7) is 0. The molecule has 1 aliphatic heterocycles. The molecule has 0 spiro atoms. The Hall–Kier alpha value is -4.18. The third-order valence-corrected chi connectivity index (χ3v) is 4.69. The minimum absolute atomic E-state index is 0.538. The maximum atomic E-state index is 9.29. The number of nitrogens with one attached hydrogen (secondary N) is 2. The van der Waals surface area contributed by atoms with E-state index in [-0.39, 0.29) is 0 Å². The van der Waals surface area contributed by atoms with Crippen LogP contribution >= 0.6 is 0 Å². The molecule has 28 heavy (non-hydrogen) atoms. The molecule has 5 rings (SSSR count). The second kappa shape index (κ2) is 6.21. The molecular weight excluding hydrogens is 352 g/mol. The van der Waals surface area contributed by atoms with Gasteiger partial charge in [-0.15, -0.1) is 0 Å². The maximum Gasteiger partial charge on any atom is 0.142 e. The quantitative estimate of drug-likeness (QED) is 0.487. The Morgan fingerprint density at radius 1 is 1.07 bits per heavy atom. The topological polar surface area (TPSA) is 99.5 Å². The van der Waals surface area contributed by atoms with Gasteiger partial charge < -0.3 is 15.0 Å². The summed E-state index contributed by atoms with van der Waals surface area (Å²) in [6.07, 6.45) is 5.24. The fourth-order valence-electron chi connectivity index (χ4n) is 3.39. The van der Waals surface area contributed by atoms with Crippen molar-refractivity contribution in [2.45, 2.75) is 0 Å². The van der Waals surface area contributed by atoms with Gasteiger partial charge >= 0.3 is 0 Å². The number of H-pyrrole nitrogens is 1. The Morgan fingerprint density at radius 2 is 2.00 bits per heavy atom. The number of aromatic amines is 1. The molecule has 0 aliphatic carbocycles. The minimum Gasteiger partial charge on any atom is -0.496 e. The van der Waals surface area contributed by atoms with Gasteiger partial charge in [0.15, 0.2) is 0 Å². The number of methoxy groups -OCH3 is 1. The molecule has 1 aromatic carbocycles. The minimum atomic E-state index is 0.538. The molecule has 0 saturated heterocycles. The number of benzene rings is 1. The number of fused-ring (bicyclic) bond motifs is 5. The summed E-state index contributed by atoms with van der Waals surface area (Å²) in [5.41, 5.74) is 5.56. The number of rotatable bonds is 2. The van der Waals surface area contributed by atoms with Crippen LogP contribution in [-0.4, -0.2) is 27.0 Å². The third kappa shape index (κ3) is 2.40. The first kappa shape index (κ1) is 16.0. The number of nitrogens with zero attached hydrogens (tertiary/aromatic N) is 4. The van der Waals surface area contributed by atoms with Crippen molar-refractivity contribution in [3.05, 3.63) is 60.6 Å². The first-order valence-corrected chi connectivity index (χ1v) is 8.64. The third-order valence-electron chi connectivity index (χ3n) is 4.69. The van der Waals surface area contributed by atoms with Gasteiger partial charge in [0.05, 0.1) is 41.9 Å². The lowest BCUT2D eigenvalue weighted by Crippen LogP contribution is -1.96. The van der Waals surface area contributed by atoms with Crippen LogP contribution in [0.5, 0.6) is 5.75 Å².